The van der Waals surface area contributed by atoms with E-state index in [0.29, 0.717) is 11.4 Å². The number of benzene rings is 1. The number of halogens is 1. The summed E-state index contributed by atoms with van der Waals surface area (Å²) in [6.07, 6.45) is 0. The van der Waals surface area contributed by atoms with Gasteiger partial charge in [0, 0.05) is 10.0 Å². The van der Waals surface area contributed by atoms with Gasteiger partial charge in [-0.25, -0.2) is 0 Å². The van der Waals surface area contributed by atoms with Crippen molar-refractivity contribution >= 4 is 21.8 Å². The number of hydrogen-bond acceptors (Lipinski definition) is 4. The fraction of sp³-hybridized carbons (Fsp3) is 0.111. The van der Waals surface area contributed by atoms with Crippen LogP contribution in [0.3, 0.4) is 0 Å². The minimum Gasteiger partial charge on any atom is -0.345 e. The Morgan fingerprint density at radius 1 is 1.38 bits per heavy atom. The largest absolute Gasteiger partial charge is 0.345 e. The SMILES string of the molecule is O=C(NCc1nn[nH]n1)c1ccc(Br)cc1. The number of nitrogens with one attached hydrogen (secondary N) is 2. The van der Waals surface area contributed by atoms with E-state index in [-0.39, 0.29) is 12.5 Å². The van der Waals surface area contributed by atoms with Crippen LogP contribution in [0.25, 0.3) is 0 Å². The van der Waals surface area contributed by atoms with E-state index in [1.807, 2.05) is 12.1 Å². The lowest BCUT2D eigenvalue weighted by atomic mass is 10.2. The van der Waals surface area contributed by atoms with E-state index < -0.39 is 0 Å². The summed E-state index contributed by atoms with van der Waals surface area (Å²) in [5.74, 6) is 0.280. The summed E-state index contributed by atoms with van der Waals surface area (Å²) < 4.78 is 0.933. The number of aromatic nitrogens is 4. The molecule has 0 radical (unpaired) electrons. The fourth-order valence-corrected chi connectivity index (χ4v) is 1.38. The Bertz CT molecular complexity index is 467. The van der Waals surface area contributed by atoms with Gasteiger partial charge < -0.3 is 5.32 Å². The van der Waals surface area contributed by atoms with Crippen LogP contribution in [-0.4, -0.2) is 26.5 Å². The third-order valence-corrected chi connectivity index (χ3v) is 2.43. The van der Waals surface area contributed by atoms with Gasteiger partial charge in [0.1, 0.15) is 0 Å². The molecule has 2 aromatic rings. The molecule has 0 saturated carbocycles. The average Bonchev–Trinajstić information content (AvgIpc) is 2.80. The molecule has 2 rings (SSSR count). The van der Waals surface area contributed by atoms with Crippen LogP contribution in [0.4, 0.5) is 0 Å². The second kappa shape index (κ2) is 4.84. The molecular weight excluding hydrogens is 274 g/mol. The molecule has 1 heterocycles. The molecule has 0 bridgehead atoms. The van der Waals surface area contributed by atoms with Gasteiger partial charge in [-0.05, 0) is 24.3 Å². The zero-order valence-electron chi connectivity index (χ0n) is 8.14. The second-order valence-corrected chi connectivity index (χ2v) is 3.93. The zero-order valence-corrected chi connectivity index (χ0v) is 9.73. The fourth-order valence-electron chi connectivity index (χ4n) is 1.12. The van der Waals surface area contributed by atoms with Gasteiger partial charge in [0.05, 0.1) is 6.54 Å². The highest BCUT2D eigenvalue weighted by Crippen LogP contribution is 2.10. The Hall–Kier alpha value is -1.76. The molecule has 0 aliphatic carbocycles. The molecule has 16 heavy (non-hydrogen) atoms. The molecule has 0 atom stereocenters. The second-order valence-electron chi connectivity index (χ2n) is 3.02. The monoisotopic (exact) mass is 281 g/mol. The highest BCUT2D eigenvalue weighted by molar-refractivity contribution is 9.10. The Kier molecular flexibility index (Phi) is 3.25. The molecule has 0 spiro atoms. The Balaban J connectivity index is 1.95. The summed E-state index contributed by atoms with van der Waals surface area (Å²) in [4.78, 5) is 11.6. The first-order valence-electron chi connectivity index (χ1n) is 4.52. The van der Waals surface area contributed by atoms with Gasteiger partial charge >= 0.3 is 0 Å². The van der Waals surface area contributed by atoms with Crippen LogP contribution in [0.1, 0.15) is 16.2 Å². The molecule has 7 heteroatoms. The molecule has 2 N–H and O–H groups in total. The van der Waals surface area contributed by atoms with Gasteiger partial charge in [-0.15, -0.1) is 10.2 Å². The van der Waals surface area contributed by atoms with E-state index in [0.717, 1.165) is 4.47 Å². The zero-order chi connectivity index (χ0) is 11.4. The summed E-state index contributed by atoms with van der Waals surface area (Å²) in [5, 5.41) is 15.8. The Labute approximate surface area is 99.6 Å². The number of amides is 1. The topological polar surface area (TPSA) is 83.6 Å². The molecule has 0 fully saturated rings. The quantitative estimate of drug-likeness (QED) is 0.875. The molecule has 0 unspecified atom stereocenters. The van der Waals surface area contributed by atoms with Gasteiger partial charge in [-0.2, -0.15) is 5.21 Å². The van der Waals surface area contributed by atoms with Crippen LogP contribution in [0.5, 0.6) is 0 Å². The number of H-pyrrole nitrogens is 1. The molecule has 1 aromatic carbocycles. The first-order valence-corrected chi connectivity index (χ1v) is 5.31. The lowest BCUT2D eigenvalue weighted by Crippen LogP contribution is -2.23. The predicted octanol–water partition coefficient (Wildman–Crippen LogP) is 0.892. The Morgan fingerprint density at radius 2 is 2.12 bits per heavy atom. The molecular formula is C9H8BrN5O. The maximum absolute atomic E-state index is 11.6. The average molecular weight is 282 g/mol. The molecule has 0 aliphatic heterocycles. The third-order valence-electron chi connectivity index (χ3n) is 1.90. The number of rotatable bonds is 3. The van der Waals surface area contributed by atoms with Gasteiger partial charge in [-0.1, -0.05) is 21.1 Å². The van der Waals surface area contributed by atoms with Crippen molar-refractivity contribution in [3.63, 3.8) is 0 Å². The van der Waals surface area contributed by atoms with E-state index in [4.69, 9.17) is 0 Å². The van der Waals surface area contributed by atoms with Crippen LogP contribution in [0.15, 0.2) is 28.7 Å². The van der Waals surface area contributed by atoms with Crippen molar-refractivity contribution in [1.82, 2.24) is 25.9 Å². The lowest BCUT2D eigenvalue weighted by Gasteiger charge is -2.02. The van der Waals surface area contributed by atoms with Gasteiger partial charge in [0.2, 0.25) is 0 Å². The minimum atomic E-state index is -0.169. The van der Waals surface area contributed by atoms with Crippen molar-refractivity contribution in [3.8, 4) is 0 Å². The molecule has 0 aliphatic rings. The van der Waals surface area contributed by atoms with Crippen molar-refractivity contribution in [2.75, 3.05) is 0 Å². The first-order chi connectivity index (χ1) is 7.75. The maximum Gasteiger partial charge on any atom is 0.251 e. The number of nitrogens with zero attached hydrogens (tertiary/aromatic N) is 3. The highest BCUT2D eigenvalue weighted by Gasteiger charge is 2.06. The number of carbonyl (C=O) groups excluding carboxylic acids is 1. The summed E-state index contributed by atoms with van der Waals surface area (Å²) in [5.41, 5.74) is 0.590. The number of aromatic amines is 1. The summed E-state index contributed by atoms with van der Waals surface area (Å²) in [7, 11) is 0. The Morgan fingerprint density at radius 3 is 2.75 bits per heavy atom. The van der Waals surface area contributed by atoms with Crippen LogP contribution in [0, 0.1) is 0 Å². The summed E-state index contributed by atoms with van der Waals surface area (Å²) >= 11 is 3.30. The van der Waals surface area contributed by atoms with E-state index in [2.05, 4.69) is 41.9 Å². The van der Waals surface area contributed by atoms with Crippen molar-refractivity contribution in [2.45, 2.75) is 6.54 Å². The van der Waals surface area contributed by atoms with Crippen LogP contribution in [-0.2, 0) is 6.54 Å². The van der Waals surface area contributed by atoms with E-state index in [9.17, 15) is 4.79 Å². The molecule has 82 valence electrons. The van der Waals surface area contributed by atoms with Gasteiger partial charge in [-0.3, -0.25) is 4.79 Å². The van der Waals surface area contributed by atoms with Gasteiger partial charge in [0.15, 0.2) is 5.82 Å². The van der Waals surface area contributed by atoms with E-state index in [1.165, 1.54) is 0 Å². The molecule has 6 nitrogen and oxygen atoms in total. The van der Waals surface area contributed by atoms with Crippen LogP contribution >= 0.6 is 15.9 Å². The minimum absolute atomic E-state index is 0.169. The molecule has 1 aromatic heterocycles. The highest BCUT2D eigenvalue weighted by atomic mass is 79.9. The van der Waals surface area contributed by atoms with Gasteiger partial charge in [0.25, 0.3) is 5.91 Å². The van der Waals surface area contributed by atoms with Crippen molar-refractivity contribution in [1.29, 1.82) is 0 Å². The van der Waals surface area contributed by atoms with E-state index >= 15 is 0 Å². The van der Waals surface area contributed by atoms with Crippen LogP contribution in [0.2, 0.25) is 0 Å². The van der Waals surface area contributed by atoms with Crippen molar-refractivity contribution in [2.24, 2.45) is 0 Å². The smallest absolute Gasteiger partial charge is 0.251 e. The van der Waals surface area contributed by atoms with E-state index in [1.54, 1.807) is 12.1 Å². The number of hydrogen-bond donors (Lipinski definition) is 2. The molecule has 0 saturated heterocycles. The number of tetrazole rings is 1. The normalized spacial score (nSPS) is 10.1. The summed E-state index contributed by atoms with van der Waals surface area (Å²) in [6.45, 7) is 0.255. The molecule has 1 amide bonds. The number of carbonyl (C=O) groups is 1. The van der Waals surface area contributed by atoms with Crippen LogP contribution < -0.4 is 5.32 Å². The van der Waals surface area contributed by atoms with Crippen molar-refractivity contribution < 1.29 is 4.79 Å². The lowest BCUT2D eigenvalue weighted by molar-refractivity contribution is 0.0950. The van der Waals surface area contributed by atoms with Crippen molar-refractivity contribution in [3.05, 3.63) is 40.1 Å². The maximum atomic E-state index is 11.6. The third kappa shape index (κ3) is 2.63. The standard InChI is InChI=1S/C9H8BrN5O/c10-7-3-1-6(2-4-7)9(16)11-5-8-12-14-15-13-8/h1-4H,5H2,(H,11,16)(H,12,13,14,15). The summed E-state index contributed by atoms with van der Waals surface area (Å²) in [6, 6.07) is 7.08. The predicted molar refractivity (Wildman–Crippen MR) is 59.5 cm³/mol. The first kappa shape index (κ1) is 10.7.